The standard InChI is InChI=1S/C48H58N2O10/c1-9-11-35(47(51)52)49(3)21-19-31-26-40(56-6)42-28-34(31)37(49)23-29-13-16-33(17-14-29)59-41-25-30(15-18-39(41)55-5)24-38-44-32(27-43(57-7)45(58-8)46(44)60-42)20-22-50(38,4)36(12-10-2)48(53)54/h13-18,25-28,35-38H,9-12,19-24H2,1-8H3/p+2. The van der Waals surface area contributed by atoms with E-state index < -0.39 is 30.1 Å². The fourth-order valence-electron chi connectivity index (χ4n) is 10.3. The maximum Gasteiger partial charge on any atom is 0.362 e. The number of hydrogen-bond acceptors (Lipinski definition) is 8. The molecule has 4 heterocycles. The van der Waals surface area contributed by atoms with Crippen molar-refractivity contribution in [1.29, 1.82) is 0 Å². The highest BCUT2D eigenvalue weighted by Gasteiger charge is 2.51. The monoisotopic (exact) mass is 824 g/mol. The summed E-state index contributed by atoms with van der Waals surface area (Å²) in [6.45, 7) is 5.25. The van der Waals surface area contributed by atoms with Gasteiger partial charge in [-0.15, -0.1) is 0 Å². The number of aliphatic carboxylic acids is 2. The molecular formula is C48H60N2O10+2. The Balaban J connectivity index is 1.54. The number of methoxy groups -OCH3 is 4. The highest BCUT2D eigenvalue weighted by atomic mass is 16.5. The average molecular weight is 825 g/mol. The van der Waals surface area contributed by atoms with Crippen LogP contribution in [0.5, 0.6) is 46.0 Å². The molecule has 6 bridgehead atoms. The Hall–Kier alpha value is -5.46. The van der Waals surface area contributed by atoms with Crippen molar-refractivity contribution in [3.05, 3.63) is 94.0 Å². The molecule has 0 spiro atoms. The van der Waals surface area contributed by atoms with Gasteiger partial charge in [-0.05, 0) is 77.6 Å². The van der Waals surface area contributed by atoms with Gasteiger partial charge in [0.2, 0.25) is 5.75 Å². The number of benzene rings is 4. The first-order chi connectivity index (χ1) is 28.8. The van der Waals surface area contributed by atoms with E-state index in [9.17, 15) is 19.8 Å². The Kier molecular flexibility index (Phi) is 12.3. The van der Waals surface area contributed by atoms with E-state index in [1.54, 1.807) is 28.4 Å². The third-order valence-electron chi connectivity index (χ3n) is 13.6. The van der Waals surface area contributed by atoms with E-state index in [1.165, 1.54) is 0 Å². The fourth-order valence-corrected chi connectivity index (χ4v) is 10.3. The van der Waals surface area contributed by atoms with Crippen LogP contribution in [0.4, 0.5) is 0 Å². The van der Waals surface area contributed by atoms with Crippen molar-refractivity contribution in [1.82, 2.24) is 0 Å². The highest BCUT2D eigenvalue weighted by molar-refractivity contribution is 5.73. The summed E-state index contributed by atoms with van der Waals surface area (Å²) in [6.07, 6.45) is 4.69. The van der Waals surface area contributed by atoms with Gasteiger partial charge in [-0.25, -0.2) is 9.59 Å². The molecule has 0 aromatic heterocycles. The molecule has 4 aliphatic rings. The first kappa shape index (κ1) is 42.7. The van der Waals surface area contributed by atoms with Crippen molar-refractivity contribution < 1.29 is 57.2 Å². The third kappa shape index (κ3) is 7.60. The molecule has 0 amide bonds. The van der Waals surface area contributed by atoms with Gasteiger partial charge in [0, 0.05) is 44.1 Å². The molecule has 8 rings (SSSR count). The molecule has 4 aromatic carbocycles. The van der Waals surface area contributed by atoms with Crippen molar-refractivity contribution in [3.63, 3.8) is 0 Å². The van der Waals surface area contributed by atoms with Gasteiger partial charge in [-0.2, -0.15) is 0 Å². The van der Waals surface area contributed by atoms with Gasteiger partial charge < -0.3 is 47.6 Å². The minimum atomic E-state index is -0.848. The van der Waals surface area contributed by atoms with Gasteiger partial charge in [-0.1, -0.05) is 32.0 Å². The maximum atomic E-state index is 13.3. The van der Waals surface area contributed by atoms with Crippen LogP contribution in [-0.2, 0) is 35.3 Å². The van der Waals surface area contributed by atoms with E-state index in [1.807, 2.05) is 74.5 Å². The lowest BCUT2D eigenvalue weighted by Crippen LogP contribution is -2.61. The predicted molar refractivity (Wildman–Crippen MR) is 227 cm³/mol. The number of quaternary nitrogens is 2. The van der Waals surface area contributed by atoms with Gasteiger partial charge in [0.15, 0.2) is 46.6 Å². The molecule has 6 atom stereocenters. The van der Waals surface area contributed by atoms with Crippen LogP contribution in [0, 0.1) is 0 Å². The molecule has 60 heavy (non-hydrogen) atoms. The first-order valence-electron chi connectivity index (χ1n) is 21.1. The number of hydrogen-bond donors (Lipinski definition) is 2. The van der Waals surface area contributed by atoms with E-state index >= 15 is 0 Å². The summed E-state index contributed by atoms with van der Waals surface area (Å²) in [4.78, 5) is 26.4. The molecule has 6 unspecified atom stereocenters. The minimum Gasteiger partial charge on any atom is -0.493 e. The minimum absolute atomic E-state index is 0.221. The fraction of sp³-hybridized carbons (Fsp3) is 0.458. The summed E-state index contributed by atoms with van der Waals surface area (Å²) in [5, 5.41) is 21.6. The number of carboxylic acid groups (broad SMARTS) is 2. The summed E-state index contributed by atoms with van der Waals surface area (Å²) >= 11 is 0. The normalized spacial score (nSPS) is 22.7. The lowest BCUT2D eigenvalue weighted by molar-refractivity contribution is -0.956. The van der Waals surface area contributed by atoms with Crippen LogP contribution in [0.25, 0.3) is 0 Å². The Morgan fingerprint density at radius 1 is 0.667 bits per heavy atom. The van der Waals surface area contributed by atoms with Crippen molar-refractivity contribution >= 4 is 11.9 Å². The number of fused-ring (bicyclic) bond motifs is 2. The second-order valence-electron chi connectivity index (χ2n) is 16.9. The smallest absolute Gasteiger partial charge is 0.362 e. The van der Waals surface area contributed by atoms with Gasteiger partial charge in [0.25, 0.3) is 0 Å². The van der Waals surface area contributed by atoms with Crippen LogP contribution in [0.2, 0.25) is 0 Å². The molecule has 0 aliphatic carbocycles. The van der Waals surface area contributed by atoms with Crippen molar-refractivity contribution in [3.8, 4) is 46.0 Å². The van der Waals surface area contributed by atoms with Crippen LogP contribution in [0.3, 0.4) is 0 Å². The summed E-state index contributed by atoms with van der Waals surface area (Å²) in [7, 11) is 10.5. The van der Waals surface area contributed by atoms with Crippen LogP contribution < -0.4 is 28.4 Å². The number of likely N-dealkylation sites (N-methyl/N-ethyl adjacent to an activating group) is 2. The number of carboxylic acids is 2. The van der Waals surface area contributed by atoms with Gasteiger partial charge >= 0.3 is 11.9 Å². The molecule has 12 nitrogen and oxygen atoms in total. The van der Waals surface area contributed by atoms with Crippen molar-refractivity contribution in [2.24, 2.45) is 0 Å². The van der Waals surface area contributed by atoms with E-state index in [0.717, 1.165) is 39.8 Å². The molecule has 0 radical (unpaired) electrons. The number of rotatable bonds is 12. The first-order valence-corrected chi connectivity index (χ1v) is 21.1. The van der Waals surface area contributed by atoms with Crippen LogP contribution in [0.15, 0.2) is 60.7 Å². The SMILES string of the molecule is CCCC(C(=O)O)[N+]1(C)CCc2cc(OC)c3cc2C1Cc1ccc(cc1)Oc1cc(ccc1OC)CC1c2c(cc(OC)c(OC)c2O3)CC[N+]1(C)C(CCC)C(=O)O. The number of nitrogens with zero attached hydrogens (tertiary/aromatic N) is 2. The summed E-state index contributed by atoms with van der Waals surface area (Å²) in [5.41, 5.74) is 5.85. The summed E-state index contributed by atoms with van der Waals surface area (Å²) < 4.78 is 38.4. The predicted octanol–water partition coefficient (Wildman–Crippen LogP) is 8.70. The highest BCUT2D eigenvalue weighted by Crippen LogP contribution is 2.54. The Labute approximate surface area is 353 Å². The average Bonchev–Trinajstić information content (AvgIpc) is 3.23. The zero-order valence-corrected chi connectivity index (χ0v) is 36.2. The summed E-state index contributed by atoms with van der Waals surface area (Å²) in [6, 6.07) is 17.9. The van der Waals surface area contributed by atoms with Crippen LogP contribution >= 0.6 is 0 Å². The molecule has 2 N–H and O–H groups in total. The zero-order valence-electron chi connectivity index (χ0n) is 36.2. The van der Waals surface area contributed by atoms with Crippen molar-refractivity contribution in [2.75, 3.05) is 55.6 Å². The maximum absolute atomic E-state index is 13.3. The van der Waals surface area contributed by atoms with Gasteiger partial charge in [0.1, 0.15) is 17.8 Å². The van der Waals surface area contributed by atoms with Gasteiger partial charge in [0.05, 0.1) is 61.2 Å². The van der Waals surface area contributed by atoms with E-state index in [0.29, 0.717) is 109 Å². The molecule has 0 fully saturated rings. The van der Waals surface area contributed by atoms with E-state index in [-0.39, 0.29) is 10.5 Å². The lowest BCUT2D eigenvalue weighted by atomic mass is 9.83. The quantitative estimate of drug-likeness (QED) is 0.134. The van der Waals surface area contributed by atoms with Crippen LogP contribution in [-0.4, -0.2) is 98.8 Å². The molecule has 0 saturated heterocycles. The second-order valence-corrected chi connectivity index (χ2v) is 16.9. The Bertz CT molecular complexity index is 2240. The number of ether oxygens (including phenoxy) is 6. The number of carbonyl (C=O) groups is 2. The molecule has 12 heteroatoms. The Morgan fingerprint density at radius 3 is 1.80 bits per heavy atom. The summed E-state index contributed by atoms with van der Waals surface area (Å²) in [5.74, 6) is 2.35. The van der Waals surface area contributed by atoms with E-state index in [4.69, 9.17) is 28.4 Å². The molecule has 320 valence electrons. The van der Waals surface area contributed by atoms with Gasteiger partial charge in [-0.3, -0.25) is 0 Å². The second kappa shape index (κ2) is 17.3. The van der Waals surface area contributed by atoms with Crippen LogP contribution in [0.1, 0.15) is 85.0 Å². The topological polar surface area (TPSA) is 130 Å². The molecule has 4 aliphatic heterocycles. The molecule has 0 saturated carbocycles. The Morgan fingerprint density at radius 2 is 1.22 bits per heavy atom. The third-order valence-corrected chi connectivity index (χ3v) is 13.6. The lowest BCUT2D eigenvalue weighted by Gasteiger charge is -2.49. The molecular weight excluding hydrogens is 765 g/mol. The molecule has 4 aromatic rings. The largest absolute Gasteiger partial charge is 0.493 e. The van der Waals surface area contributed by atoms with Crippen molar-refractivity contribution in [2.45, 2.75) is 89.4 Å². The zero-order chi connectivity index (χ0) is 42.9. The van der Waals surface area contributed by atoms with E-state index in [2.05, 4.69) is 14.1 Å².